The standard InChI is InChI=1S/C22H23N5O3.C2H2/c1-3-27-20-12-19(22(23)30)25-21(18(20)13-24-27)16-6-4-5-15(11-16)7-8-17(29)9-10-26(2)14-28;1-2/h4-6,11-14,17,29H,3,9-10H2,1-2H3,(H2,23,30);1-2H/t17-;/m0./s1. The Morgan fingerprint density at radius 1 is 1.38 bits per heavy atom. The number of aliphatic hydroxyl groups is 1. The summed E-state index contributed by atoms with van der Waals surface area (Å²) in [5.41, 5.74) is 8.47. The third-order valence-electron chi connectivity index (χ3n) is 4.65. The fourth-order valence-electron chi connectivity index (χ4n) is 3.03. The lowest BCUT2D eigenvalue weighted by atomic mass is 10.0. The van der Waals surface area contributed by atoms with Crippen molar-refractivity contribution in [3.63, 3.8) is 0 Å². The predicted molar refractivity (Wildman–Crippen MR) is 123 cm³/mol. The molecule has 0 aliphatic heterocycles. The summed E-state index contributed by atoms with van der Waals surface area (Å²) in [7, 11) is 1.64. The van der Waals surface area contributed by atoms with Crippen LogP contribution in [0, 0.1) is 24.7 Å². The van der Waals surface area contributed by atoms with Gasteiger partial charge < -0.3 is 15.7 Å². The van der Waals surface area contributed by atoms with Gasteiger partial charge in [-0.15, -0.1) is 12.8 Å². The molecule has 2 aromatic heterocycles. The van der Waals surface area contributed by atoms with Crippen LogP contribution < -0.4 is 5.73 Å². The molecule has 164 valence electrons. The van der Waals surface area contributed by atoms with Crippen molar-refractivity contribution in [2.75, 3.05) is 13.6 Å². The lowest BCUT2D eigenvalue weighted by Crippen LogP contribution is -2.21. The molecule has 8 nitrogen and oxygen atoms in total. The van der Waals surface area contributed by atoms with Crippen molar-refractivity contribution in [3.05, 3.63) is 47.8 Å². The van der Waals surface area contributed by atoms with Crippen LogP contribution in [0.25, 0.3) is 22.2 Å². The minimum absolute atomic E-state index is 0.166. The maximum absolute atomic E-state index is 11.8. The molecule has 8 heteroatoms. The summed E-state index contributed by atoms with van der Waals surface area (Å²) in [6.45, 7) is 3.03. The van der Waals surface area contributed by atoms with E-state index in [1.807, 2.05) is 31.2 Å². The summed E-state index contributed by atoms with van der Waals surface area (Å²) in [6, 6.07) is 9.02. The zero-order valence-electron chi connectivity index (χ0n) is 18.0. The van der Waals surface area contributed by atoms with Gasteiger partial charge in [0.1, 0.15) is 11.8 Å². The summed E-state index contributed by atoms with van der Waals surface area (Å²) < 4.78 is 1.78. The zero-order chi connectivity index (χ0) is 23.7. The largest absolute Gasteiger partial charge is 0.380 e. The number of rotatable bonds is 7. The number of hydrogen-bond donors (Lipinski definition) is 2. The normalized spacial score (nSPS) is 10.9. The predicted octanol–water partition coefficient (Wildman–Crippen LogP) is 1.66. The van der Waals surface area contributed by atoms with Crippen LogP contribution in [0.1, 0.15) is 29.4 Å². The number of terminal acetylenes is 1. The first-order chi connectivity index (χ1) is 15.4. The van der Waals surface area contributed by atoms with Crippen LogP contribution >= 0.6 is 0 Å². The molecule has 0 saturated carbocycles. The highest BCUT2D eigenvalue weighted by Gasteiger charge is 2.15. The molecule has 1 aromatic carbocycles. The maximum Gasteiger partial charge on any atom is 0.267 e. The number of fused-ring (bicyclic) bond motifs is 1. The zero-order valence-corrected chi connectivity index (χ0v) is 18.0. The Labute approximate surface area is 187 Å². The van der Waals surface area contributed by atoms with E-state index < -0.39 is 12.0 Å². The topological polar surface area (TPSA) is 114 Å². The number of nitrogens with two attached hydrogens (primary N) is 1. The fourth-order valence-corrected chi connectivity index (χ4v) is 3.03. The number of aliphatic hydroxyl groups excluding tert-OH is 1. The second-order valence-corrected chi connectivity index (χ2v) is 6.85. The van der Waals surface area contributed by atoms with E-state index in [4.69, 9.17) is 5.73 Å². The van der Waals surface area contributed by atoms with Gasteiger partial charge in [-0.1, -0.05) is 24.0 Å². The van der Waals surface area contributed by atoms with Gasteiger partial charge in [0.2, 0.25) is 6.41 Å². The van der Waals surface area contributed by atoms with E-state index in [9.17, 15) is 14.7 Å². The number of primary amides is 1. The molecule has 0 aliphatic rings. The minimum Gasteiger partial charge on any atom is -0.380 e. The first-order valence-corrected chi connectivity index (χ1v) is 9.88. The molecule has 0 unspecified atom stereocenters. The van der Waals surface area contributed by atoms with E-state index >= 15 is 0 Å². The molecule has 0 radical (unpaired) electrons. The lowest BCUT2D eigenvalue weighted by Gasteiger charge is -2.10. The SMILES string of the molecule is C#C.CCn1ncc2c(-c3cccc(C#C[C@H](O)CCN(C)C=O)c3)nc(C(N)=O)cc21. The summed E-state index contributed by atoms with van der Waals surface area (Å²) in [5, 5.41) is 15.2. The van der Waals surface area contributed by atoms with E-state index in [0.29, 0.717) is 37.2 Å². The Morgan fingerprint density at radius 2 is 2.12 bits per heavy atom. The molecule has 0 aliphatic carbocycles. The lowest BCUT2D eigenvalue weighted by molar-refractivity contribution is -0.117. The van der Waals surface area contributed by atoms with Crippen LogP contribution in [0.3, 0.4) is 0 Å². The van der Waals surface area contributed by atoms with Gasteiger partial charge in [0.25, 0.3) is 5.91 Å². The average Bonchev–Trinajstić information content (AvgIpc) is 3.25. The Balaban J connectivity index is 0.00000176. The number of hydrogen-bond acceptors (Lipinski definition) is 5. The highest BCUT2D eigenvalue weighted by atomic mass is 16.3. The Hall–Kier alpha value is -4.14. The van der Waals surface area contributed by atoms with Crippen LogP contribution in [0.2, 0.25) is 0 Å². The van der Waals surface area contributed by atoms with Gasteiger partial charge in [0.15, 0.2) is 0 Å². The van der Waals surface area contributed by atoms with Gasteiger partial charge in [0.05, 0.1) is 17.4 Å². The molecule has 32 heavy (non-hydrogen) atoms. The van der Waals surface area contributed by atoms with Crippen molar-refractivity contribution >= 4 is 23.2 Å². The second kappa shape index (κ2) is 11.3. The van der Waals surface area contributed by atoms with E-state index in [1.165, 1.54) is 4.90 Å². The Kier molecular flexibility index (Phi) is 8.53. The summed E-state index contributed by atoms with van der Waals surface area (Å²) >= 11 is 0. The van der Waals surface area contributed by atoms with Gasteiger partial charge in [-0.2, -0.15) is 5.10 Å². The second-order valence-electron chi connectivity index (χ2n) is 6.85. The molecule has 3 N–H and O–H groups in total. The molecule has 0 saturated heterocycles. The first-order valence-electron chi connectivity index (χ1n) is 9.88. The molecular weight excluding hydrogens is 406 g/mol. The fraction of sp³-hybridized carbons (Fsp3) is 0.250. The van der Waals surface area contributed by atoms with Gasteiger partial charge in [0, 0.05) is 43.1 Å². The molecule has 0 spiro atoms. The summed E-state index contributed by atoms with van der Waals surface area (Å²) in [4.78, 5) is 28.3. The van der Waals surface area contributed by atoms with Crippen molar-refractivity contribution in [1.29, 1.82) is 0 Å². The van der Waals surface area contributed by atoms with Crippen molar-refractivity contribution in [2.45, 2.75) is 26.0 Å². The molecular formula is C24H25N5O3. The highest BCUT2D eigenvalue weighted by Crippen LogP contribution is 2.28. The van der Waals surface area contributed by atoms with Gasteiger partial charge in [-0.3, -0.25) is 14.3 Å². The number of benzene rings is 1. The molecule has 0 bridgehead atoms. The number of carbonyl (C=O) groups excluding carboxylic acids is 2. The van der Waals surface area contributed by atoms with Crippen molar-refractivity contribution in [2.24, 2.45) is 5.73 Å². The molecule has 2 amide bonds. The average molecular weight is 431 g/mol. The smallest absolute Gasteiger partial charge is 0.267 e. The monoisotopic (exact) mass is 431 g/mol. The molecule has 1 atom stereocenters. The van der Waals surface area contributed by atoms with Crippen LogP contribution in [-0.2, 0) is 11.3 Å². The molecule has 2 heterocycles. The number of aromatic nitrogens is 3. The van der Waals surface area contributed by atoms with Gasteiger partial charge in [-0.05, 0) is 25.1 Å². The first kappa shape index (κ1) is 24.1. The van der Waals surface area contributed by atoms with Crippen molar-refractivity contribution in [3.8, 4) is 35.9 Å². The quantitative estimate of drug-likeness (QED) is 0.436. The van der Waals surface area contributed by atoms with Gasteiger partial charge >= 0.3 is 0 Å². The van der Waals surface area contributed by atoms with E-state index in [0.717, 1.165) is 16.5 Å². The van der Waals surface area contributed by atoms with E-state index in [-0.39, 0.29) is 5.69 Å². The van der Waals surface area contributed by atoms with Crippen LogP contribution in [0.15, 0.2) is 36.5 Å². The van der Waals surface area contributed by atoms with E-state index in [1.54, 1.807) is 24.0 Å². The van der Waals surface area contributed by atoms with Crippen molar-refractivity contribution < 1.29 is 14.7 Å². The number of carbonyl (C=O) groups is 2. The van der Waals surface area contributed by atoms with Crippen molar-refractivity contribution in [1.82, 2.24) is 19.7 Å². The number of pyridine rings is 1. The van der Waals surface area contributed by atoms with Crippen LogP contribution in [-0.4, -0.2) is 56.8 Å². The number of aryl methyl sites for hydroxylation is 1. The molecule has 0 fully saturated rings. The third kappa shape index (κ3) is 5.72. The summed E-state index contributed by atoms with van der Waals surface area (Å²) in [5.74, 6) is 5.13. The molecule has 3 aromatic rings. The number of amides is 2. The Morgan fingerprint density at radius 3 is 2.78 bits per heavy atom. The minimum atomic E-state index is -0.845. The molecule has 3 rings (SSSR count). The van der Waals surface area contributed by atoms with Crippen LogP contribution in [0.4, 0.5) is 0 Å². The third-order valence-corrected chi connectivity index (χ3v) is 4.65. The number of nitrogens with zero attached hydrogens (tertiary/aromatic N) is 4. The highest BCUT2D eigenvalue weighted by molar-refractivity contribution is 5.99. The Bertz CT molecular complexity index is 1190. The maximum atomic E-state index is 11.8. The van der Waals surface area contributed by atoms with E-state index in [2.05, 4.69) is 34.8 Å². The van der Waals surface area contributed by atoms with Crippen LogP contribution in [0.5, 0.6) is 0 Å². The van der Waals surface area contributed by atoms with Gasteiger partial charge in [-0.25, -0.2) is 4.98 Å². The summed E-state index contributed by atoms with van der Waals surface area (Å²) in [6.07, 6.45) is 9.94.